The zero-order chi connectivity index (χ0) is 14.1. The van der Waals surface area contributed by atoms with Crippen LogP contribution in [-0.4, -0.2) is 4.98 Å². The van der Waals surface area contributed by atoms with E-state index in [2.05, 4.69) is 4.98 Å². The largest absolute Gasteiger partial charge is 0.320 e. The van der Waals surface area contributed by atoms with Gasteiger partial charge in [-0.2, -0.15) is 0 Å². The molecule has 0 saturated carbocycles. The number of para-hydroxylation sites is 1. The van der Waals surface area contributed by atoms with Crippen molar-refractivity contribution in [2.75, 3.05) is 0 Å². The molecule has 1 atom stereocenters. The molecule has 3 rings (SSSR count). The minimum atomic E-state index is -0.230. The number of fused-ring (bicyclic) bond motifs is 1. The van der Waals surface area contributed by atoms with Crippen LogP contribution in [0.2, 0.25) is 5.02 Å². The van der Waals surface area contributed by atoms with E-state index in [0.717, 1.165) is 32.6 Å². The number of nitrogens with zero attached hydrogens (tertiary/aromatic N) is 1. The van der Waals surface area contributed by atoms with Crippen molar-refractivity contribution in [3.8, 4) is 0 Å². The van der Waals surface area contributed by atoms with Gasteiger partial charge >= 0.3 is 0 Å². The molecule has 1 aromatic heterocycles. The van der Waals surface area contributed by atoms with Crippen LogP contribution in [-0.2, 0) is 0 Å². The van der Waals surface area contributed by atoms with E-state index in [1.807, 2.05) is 55.5 Å². The van der Waals surface area contributed by atoms with Gasteiger partial charge in [-0.3, -0.25) is 4.98 Å². The van der Waals surface area contributed by atoms with Gasteiger partial charge in [-0.25, -0.2) is 0 Å². The highest BCUT2D eigenvalue weighted by Crippen LogP contribution is 2.28. The summed E-state index contributed by atoms with van der Waals surface area (Å²) in [6, 6.07) is 15.8. The van der Waals surface area contributed by atoms with E-state index in [-0.39, 0.29) is 6.04 Å². The average Bonchev–Trinajstić information content (AvgIpc) is 2.49. The quantitative estimate of drug-likeness (QED) is 0.763. The molecule has 2 N–H and O–H groups in total. The van der Waals surface area contributed by atoms with Gasteiger partial charge in [0.15, 0.2) is 0 Å². The maximum Gasteiger partial charge on any atom is 0.0753 e. The van der Waals surface area contributed by atoms with Crippen LogP contribution in [0.15, 0.2) is 54.7 Å². The molecule has 0 fully saturated rings. The summed E-state index contributed by atoms with van der Waals surface area (Å²) in [6.07, 6.45) is 1.79. The molecule has 0 amide bonds. The molecule has 0 saturated heterocycles. The standard InChI is InChI=1S/C17H15ClN2/c1-11-7-8-13(10-15(11)18)16(19)14-6-2-4-12-5-3-9-20-17(12)14/h2-10,16H,19H2,1H3. The predicted molar refractivity (Wildman–Crippen MR) is 84.0 cm³/mol. The number of pyridine rings is 1. The van der Waals surface area contributed by atoms with Crippen LogP contribution in [0.25, 0.3) is 10.9 Å². The summed E-state index contributed by atoms with van der Waals surface area (Å²) >= 11 is 6.19. The molecule has 2 aromatic carbocycles. The van der Waals surface area contributed by atoms with Crippen molar-refractivity contribution in [3.05, 3.63) is 76.4 Å². The van der Waals surface area contributed by atoms with E-state index in [9.17, 15) is 0 Å². The number of aromatic nitrogens is 1. The molecule has 100 valence electrons. The second-order valence-electron chi connectivity index (χ2n) is 4.91. The lowest BCUT2D eigenvalue weighted by Crippen LogP contribution is -2.12. The van der Waals surface area contributed by atoms with Crippen LogP contribution < -0.4 is 5.73 Å². The lowest BCUT2D eigenvalue weighted by atomic mass is 9.96. The molecule has 3 heteroatoms. The van der Waals surface area contributed by atoms with Gasteiger partial charge in [-0.15, -0.1) is 0 Å². The Balaban J connectivity index is 2.12. The summed E-state index contributed by atoms with van der Waals surface area (Å²) in [5.41, 5.74) is 10.4. The zero-order valence-electron chi connectivity index (χ0n) is 11.2. The van der Waals surface area contributed by atoms with Gasteiger partial charge in [0.05, 0.1) is 11.6 Å². The molecule has 1 unspecified atom stereocenters. The van der Waals surface area contributed by atoms with E-state index < -0.39 is 0 Å². The highest BCUT2D eigenvalue weighted by atomic mass is 35.5. The smallest absolute Gasteiger partial charge is 0.0753 e. The lowest BCUT2D eigenvalue weighted by molar-refractivity contribution is 0.876. The number of rotatable bonds is 2. The molecule has 20 heavy (non-hydrogen) atoms. The fraction of sp³-hybridized carbons (Fsp3) is 0.118. The van der Waals surface area contributed by atoms with Crippen LogP contribution >= 0.6 is 11.6 Å². The minimum absolute atomic E-state index is 0.230. The van der Waals surface area contributed by atoms with Crippen molar-refractivity contribution in [1.82, 2.24) is 4.98 Å². The average molecular weight is 283 g/mol. The molecule has 1 heterocycles. The van der Waals surface area contributed by atoms with Crippen molar-refractivity contribution < 1.29 is 0 Å². The van der Waals surface area contributed by atoms with Crippen molar-refractivity contribution in [1.29, 1.82) is 0 Å². The lowest BCUT2D eigenvalue weighted by Gasteiger charge is -2.15. The molecular weight excluding hydrogens is 268 g/mol. The molecule has 2 nitrogen and oxygen atoms in total. The Morgan fingerprint density at radius 1 is 1.10 bits per heavy atom. The van der Waals surface area contributed by atoms with E-state index in [1.165, 1.54) is 0 Å². The van der Waals surface area contributed by atoms with Crippen LogP contribution in [0.1, 0.15) is 22.7 Å². The summed E-state index contributed by atoms with van der Waals surface area (Å²) in [7, 11) is 0. The fourth-order valence-corrected chi connectivity index (χ4v) is 2.55. The number of benzene rings is 2. The van der Waals surface area contributed by atoms with Crippen molar-refractivity contribution in [2.24, 2.45) is 5.73 Å². The summed E-state index contributed by atoms with van der Waals surface area (Å²) in [6.45, 7) is 1.98. The van der Waals surface area contributed by atoms with Crippen LogP contribution in [0.4, 0.5) is 0 Å². The number of hydrogen-bond acceptors (Lipinski definition) is 2. The third-order valence-electron chi connectivity index (χ3n) is 3.55. The van der Waals surface area contributed by atoms with E-state index in [0.29, 0.717) is 0 Å². The zero-order valence-corrected chi connectivity index (χ0v) is 11.9. The SMILES string of the molecule is Cc1ccc(C(N)c2cccc3cccnc23)cc1Cl. The van der Waals surface area contributed by atoms with Gasteiger partial charge < -0.3 is 5.73 Å². The number of aryl methyl sites for hydroxylation is 1. The van der Waals surface area contributed by atoms with Gasteiger partial charge in [-0.05, 0) is 35.7 Å². The monoisotopic (exact) mass is 282 g/mol. The van der Waals surface area contributed by atoms with Crippen molar-refractivity contribution in [2.45, 2.75) is 13.0 Å². The van der Waals surface area contributed by atoms with Gasteiger partial charge in [0.25, 0.3) is 0 Å². The second-order valence-corrected chi connectivity index (χ2v) is 5.32. The first-order valence-electron chi connectivity index (χ1n) is 6.52. The highest BCUT2D eigenvalue weighted by Gasteiger charge is 2.13. The van der Waals surface area contributed by atoms with Gasteiger partial charge in [0, 0.05) is 16.6 Å². The Morgan fingerprint density at radius 3 is 2.70 bits per heavy atom. The van der Waals surface area contributed by atoms with E-state index in [4.69, 9.17) is 17.3 Å². The minimum Gasteiger partial charge on any atom is -0.320 e. The molecular formula is C17H15ClN2. The Hall–Kier alpha value is -1.90. The molecule has 0 spiro atoms. The normalized spacial score (nSPS) is 12.6. The van der Waals surface area contributed by atoms with Gasteiger partial charge in [-0.1, -0.05) is 48.0 Å². The Morgan fingerprint density at radius 2 is 1.90 bits per heavy atom. The first kappa shape index (κ1) is 13.1. The Bertz CT molecular complexity index is 763. The number of halogens is 1. The van der Waals surface area contributed by atoms with E-state index >= 15 is 0 Å². The summed E-state index contributed by atoms with van der Waals surface area (Å²) in [5, 5.41) is 1.84. The molecule has 3 aromatic rings. The Kier molecular flexibility index (Phi) is 3.43. The molecule has 0 bridgehead atoms. The third-order valence-corrected chi connectivity index (χ3v) is 3.96. The van der Waals surface area contributed by atoms with Crippen LogP contribution in [0, 0.1) is 6.92 Å². The topological polar surface area (TPSA) is 38.9 Å². The molecule has 0 radical (unpaired) electrons. The van der Waals surface area contributed by atoms with Crippen LogP contribution in [0.3, 0.4) is 0 Å². The van der Waals surface area contributed by atoms with E-state index in [1.54, 1.807) is 6.20 Å². The maximum absolute atomic E-state index is 6.40. The Labute approximate surface area is 123 Å². The second kappa shape index (κ2) is 5.23. The summed E-state index contributed by atoms with van der Waals surface area (Å²) < 4.78 is 0. The van der Waals surface area contributed by atoms with Gasteiger partial charge in [0.1, 0.15) is 0 Å². The summed E-state index contributed by atoms with van der Waals surface area (Å²) in [4.78, 5) is 4.45. The predicted octanol–water partition coefficient (Wildman–Crippen LogP) is 4.24. The maximum atomic E-state index is 6.40. The number of nitrogens with two attached hydrogens (primary N) is 1. The first-order valence-corrected chi connectivity index (χ1v) is 6.90. The number of hydrogen-bond donors (Lipinski definition) is 1. The molecule has 0 aliphatic rings. The third kappa shape index (κ3) is 2.28. The van der Waals surface area contributed by atoms with Crippen LogP contribution in [0.5, 0.6) is 0 Å². The summed E-state index contributed by atoms with van der Waals surface area (Å²) in [5.74, 6) is 0. The first-order chi connectivity index (χ1) is 9.66. The fourth-order valence-electron chi connectivity index (χ4n) is 2.36. The molecule has 0 aliphatic carbocycles. The van der Waals surface area contributed by atoms with Crippen molar-refractivity contribution in [3.63, 3.8) is 0 Å². The van der Waals surface area contributed by atoms with Crippen molar-refractivity contribution >= 4 is 22.5 Å². The highest BCUT2D eigenvalue weighted by molar-refractivity contribution is 6.31. The van der Waals surface area contributed by atoms with Gasteiger partial charge in [0.2, 0.25) is 0 Å². The molecule has 0 aliphatic heterocycles.